The molecule has 0 radical (unpaired) electrons. The molecule has 0 spiro atoms. The van der Waals surface area contributed by atoms with Crippen LogP contribution in [-0.2, 0) is 12.8 Å². The van der Waals surface area contributed by atoms with Gasteiger partial charge in [0.05, 0.1) is 10.3 Å². The van der Waals surface area contributed by atoms with Crippen LogP contribution in [0.15, 0.2) is 17.5 Å². The first-order valence-corrected chi connectivity index (χ1v) is 8.42. The minimum absolute atomic E-state index is 0.618. The van der Waals surface area contributed by atoms with Crippen LogP contribution in [0.3, 0.4) is 0 Å². The number of hydrogen-bond acceptors (Lipinski definition) is 4. The molecule has 19 heavy (non-hydrogen) atoms. The molecule has 2 nitrogen and oxygen atoms in total. The lowest BCUT2D eigenvalue weighted by Gasteiger charge is -2.10. The van der Waals surface area contributed by atoms with Gasteiger partial charge in [0, 0.05) is 4.88 Å². The highest BCUT2D eigenvalue weighted by Crippen LogP contribution is 2.39. The van der Waals surface area contributed by atoms with Crippen LogP contribution in [0.5, 0.6) is 0 Å². The summed E-state index contributed by atoms with van der Waals surface area (Å²) in [6, 6.07) is 4.05. The van der Waals surface area contributed by atoms with Gasteiger partial charge in [-0.15, -0.1) is 22.7 Å². The van der Waals surface area contributed by atoms with E-state index in [2.05, 4.69) is 4.98 Å². The molecule has 3 aromatic heterocycles. The molecule has 0 amide bonds. The van der Waals surface area contributed by atoms with E-state index >= 15 is 0 Å². The molecule has 0 fully saturated rings. The molecular formula is C14H11ClN2S2. The van der Waals surface area contributed by atoms with E-state index in [4.69, 9.17) is 16.6 Å². The van der Waals surface area contributed by atoms with Crippen molar-refractivity contribution in [2.45, 2.75) is 25.7 Å². The van der Waals surface area contributed by atoms with Crippen molar-refractivity contribution in [1.29, 1.82) is 0 Å². The lowest BCUT2D eigenvalue weighted by Crippen LogP contribution is -1.98. The van der Waals surface area contributed by atoms with Gasteiger partial charge in [-0.3, -0.25) is 0 Å². The largest absolute Gasteiger partial charge is 0.216 e. The van der Waals surface area contributed by atoms with Crippen molar-refractivity contribution in [3.63, 3.8) is 0 Å². The minimum Gasteiger partial charge on any atom is -0.216 e. The maximum absolute atomic E-state index is 6.42. The lowest BCUT2D eigenvalue weighted by atomic mass is 9.97. The van der Waals surface area contributed by atoms with E-state index in [1.54, 1.807) is 22.7 Å². The maximum atomic E-state index is 6.42. The first kappa shape index (κ1) is 11.8. The van der Waals surface area contributed by atoms with E-state index in [1.807, 2.05) is 17.5 Å². The average molecular weight is 307 g/mol. The first-order chi connectivity index (χ1) is 9.33. The van der Waals surface area contributed by atoms with Crippen LogP contribution in [0.25, 0.3) is 20.9 Å². The number of thiophene rings is 2. The van der Waals surface area contributed by atoms with Crippen molar-refractivity contribution >= 4 is 44.5 Å². The Hall–Kier alpha value is -0.970. The topological polar surface area (TPSA) is 25.8 Å². The molecule has 0 unspecified atom stereocenters. The molecule has 4 rings (SSSR count). The lowest BCUT2D eigenvalue weighted by molar-refractivity contribution is 0.700. The number of hydrogen-bond donors (Lipinski definition) is 0. The molecule has 96 valence electrons. The standard InChI is InChI=1S/C14H11ClN2S2/c15-12-11-8-4-1-2-5-9(8)19-14(11)17-13(16-12)10-6-3-7-18-10/h3,6-7H,1-2,4-5H2. The van der Waals surface area contributed by atoms with Gasteiger partial charge in [0.15, 0.2) is 5.82 Å². The average Bonchev–Trinajstić information content (AvgIpc) is 3.05. The fourth-order valence-electron chi connectivity index (χ4n) is 2.63. The van der Waals surface area contributed by atoms with E-state index in [0.717, 1.165) is 27.3 Å². The second kappa shape index (κ2) is 4.54. The zero-order valence-electron chi connectivity index (χ0n) is 10.1. The Balaban J connectivity index is 1.98. The molecule has 0 N–H and O–H groups in total. The van der Waals surface area contributed by atoms with Crippen molar-refractivity contribution in [1.82, 2.24) is 9.97 Å². The number of aromatic nitrogens is 2. The zero-order valence-corrected chi connectivity index (χ0v) is 12.5. The van der Waals surface area contributed by atoms with Crippen LogP contribution in [0.1, 0.15) is 23.3 Å². The fourth-order valence-corrected chi connectivity index (χ4v) is 4.89. The van der Waals surface area contributed by atoms with Crippen molar-refractivity contribution in [2.75, 3.05) is 0 Å². The quantitative estimate of drug-likeness (QED) is 0.594. The molecular weight excluding hydrogens is 296 g/mol. The highest BCUT2D eigenvalue weighted by atomic mass is 35.5. The molecule has 3 aromatic rings. The Labute approximate surface area is 124 Å². The molecule has 1 aliphatic carbocycles. The van der Waals surface area contributed by atoms with Crippen molar-refractivity contribution in [2.24, 2.45) is 0 Å². The normalized spacial score (nSPS) is 14.8. The highest BCUT2D eigenvalue weighted by Gasteiger charge is 2.20. The number of rotatable bonds is 1. The van der Waals surface area contributed by atoms with E-state index in [0.29, 0.717) is 5.15 Å². The summed E-state index contributed by atoms with van der Waals surface area (Å²) in [6.07, 6.45) is 4.82. The molecule has 1 aliphatic rings. The van der Waals surface area contributed by atoms with Crippen LogP contribution < -0.4 is 0 Å². The Morgan fingerprint density at radius 3 is 2.89 bits per heavy atom. The van der Waals surface area contributed by atoms with Gasteiger partial charge in [-0.1, -0.05) is 17.7 Å². The maximum Gasteiger partial charge on any atom is 0.172 e. The van der Waals surface area contributed by atoms with E-state index in [-0.39, 0.29) is 0 Å². The summed E-state index contributed by atoms with van der Waals surface area (Å²) in [7, 11) is 0. The SMILES string of the molecule is Clc1nc(-c2cccs2)nc2sc3c(c12)CCCC3. The van der Waals surface area contributed by atoms with Crippen LogP contribution >= 0.6 is 34.3 Å². The van der Waals surface area contributed by atoms with Gasteiger partial charge in [0.2, 0.25) is 0 Å². The molecule has 0 aromatic carbocycles. The molecule has 3 heterocycles. The monoisotopic (exact) mass is 306 g/mol. The molecule has 0 atom stereocenters. The summed E-state index contributed by atoms with van der Waals surface area (Å²) in [5, 5.41) is 3.76. The van der Waals surface area contributed by atoms with Crippen molar-refractivity contribution in [3.05, 3.63) is 33.1 Å². The molecule has 0 aliphatic heterocycles. The molecule has 0 saturated heterocycles. The third-order valence-corrected chi connectivity index (χ3v) is 5.84. The second-order valence-electron chi connectivity index (χ2n) is 4.71. The van der Waals surface area contributed by atoms with Crippen molar-refractivity contribution < 1.29 is 0 Å². The first-order valence-electron chi connectivity index (χ1n) is 6.34. The van der Waals surface area contributed by atoms with E-state index in [1.165, 1.54) is 29.7 Å². The van der Waals surface area contributed by atoms with Gasteiger partial charge >= 0.3 is 0 Å². The van der Waals surface area contributed by atoms with E-state index in [9.17, 15) is 0 Å². The van der Waals surface area contributed by atoms with Crippen molar-refractivity contribution in [3.8, 4) is 10.7 Å². The number of aryl methyl sites for hydroxylation is 2. The number of halogens is 1. The number of fused-ring (bicyclic) bond motifs is 3. The van der Waals surface area contributed by atoms with Gasteiger partial charge in [-0.05, 0) is 42.7 Å². The molecule has 5 heteroatoms. The highest BCUT2D eigenvalue weighted by molar-refractivity contribution is 7.19. The summed E-state index contributed by atoms with van der Waals surface area (Å²) in [4.78, 5) is 12.8. The summed E-state index contributed by atoms with van der Waals surface area (Å²) in [5.41, 5.74) is 1.40. The number of nitrogens with zero attached hydrogens (tertiary/aromatic N) is 2. The summed E-state index contributed by atoms with van der Waals surface area (Å²) in [5.74, 6) is 0.756. The Kier molecular flexibility index (Phi) is 2.83. The summed E-state index contributed by atoms with van der Waals surface area (Å²) >= 11 is 9.86. The van der Waals surface area contributed by atoms with E-state index < -0.39 is 0 Å². The Morgan fingerprint density at radius 1 is 1.16 bits per heavy atom. The predicted octanol–water partition coefficient (Wildman–Crippen LogP) is 4.95. The van der Waals surface area contributed by atoms with Crippen LogP contribution in [0.2, 0.25) is 5.15 Å². The second-order valence-corrected chi connectivity index (χ2v) is 7.10. The smallest absolute Gasteiger partial charge is 0.172 e. The molecule has 0 saturated carbocycles. The van der Waals surface area contributed by atoms with Gasteiger partial charge in [0.25, 0.3) is 0 Å². The van der Waals surface area contributed by atoms with Gasteiger partial charge in [-0.2, -0.15) is 0 Å². The predicted molar refractivity (Wildman–Crippen MR) is 82.4 cm³/mol. The summed E-state index contributed by atoms with van der Waals surface area (Å²) in [6.45, 7) is 0. The molecule has 0 bridgehead atoms. The Morgan fingerprint density at radius 2 is 2.05 bits per heavy atom. The van der Waals surface area contributed by atoms with Gasteiger partial charge < -0.3 is 0 Å². The van der Waals surface area contributed by atoms with Gasteiger partial charge in [-0.25, -0.2) is 9.97 Å². The summed E-state index contributed by atoms with van der Waals surface area (Å²) < 4.78 is 0. The zero-order chi connectivity index (χ0) is 12.8. The third-order valence-electron chi connectivity index (χ3n) is 3.51. The van der Waals surface area contributed by atoms with Crippen LogP contribution in [0, 0.1) is 0 Å². The Bertz CT molecular complexity index is 746. The van der Waals surface area contributed by atoms with Crippen LogP contribution in [-0.4, -0.2) is 9.97 Å². The third kappa shape index (κ3) is 1.90. The van der Waals surface area contributed by atoms with Crippen LogP contribution in [0.4, 0.5) is 0 Å². The minimum atomic E-state index is 0.618. The van der Waals surface area contributed by atoms with Gasteiger partial charge in [0.1, 0.15) is 9.98 Å². The fraction of sp³-hybridized carbons (Fsp3) is 0.286.